The monoisotopic (exact) mass is 538 g/mol. The molecule has 0 aliphatic heterocycles. The van der Waals surface area contributed by atoms with E-state index in [0.29, 0.717) is 44.6 Å². The summed E-state index contributed by atoms with van der Waals surface area (Å²) in [5.74, 6) is 8.50. The lowest BCUT2D eigenvalue weighted by Crippen LogP contribution is -2.43. The van der Waals surface area contributed by atoms with Crippen LogP contribution in [0.3, 0.4) is 0 Å². The minimum atomic E-state index is -1.99. The van der Waals surface area contributed by atoms with E-state index in [1.807, 2.05) is 0 Å². The number of fused-ring (bicyclic) bond motifs is 1. The molecule has 2 rings (SSSR count). The maximum atomic E-state index is 11.7. The Balaban J connectivity index is 3.01. The number of aromatic hydroxyl groups is 1. The Morgan fingerprint density at radius 2 is 0.946 bits per heavy atom. The average Bonchev–Trinajstić information content (AvgIpc) is 2.80. The van der Waals surface area contributed by atoms with Gasteiger partial charge in [0.1, 0.15) is 27.6 Å². The molecule has 0 saturated carbocycles. The fraction of sp³-hybridized carbons (Fsp3) is 0.697. The predicted octanol–water partition coefficient (Wildman–Crippen LogP) is 9.42. The van der Waals surface area contributed by atoms with Crippen LogP contribution in [0.5, 0.6) is 11.5 Å². The molecule has 0 spiro atoms. The average molecular weight is 539 g/mol. The maximum absolute atomic E-state index is 11.7. The van der Waals surface area contributed by atoms with E-state index in [1.54, 1.807) is 7.11 Å². The lowest BCUT2D eigenvalue weighted by Gasteiger charge is -2.38. The first-order valence-corrected chi connectivity index (χ1v) is 19.2. The number of hydrogen-bond donors (Lipinski definition) is 1. The second kappa shape index (κ2) is 12.5. The van der Waals surface area contributed by atoms with E-state index < -0.39 is 16.1 Å². The molecule has 0 heterocycles. The van der Waals surface area contributed by atoms with E-state index in [-0.39, 0.29) is 0 Å². The van der Waals surface area contributed by atoms with E-state index in [1.165, 1.54) is 0 Å². The van der Waals surface area contributed by atoms with Gasteiger partial charge in [-0.05, 0) is 58.9 Å². The molecule has 1 aliphatic carbocycles. The summed E-state index contributed by atoms with van der Waals surface area (Å²) in [5, 5.41) is 11.7. The molecule has 2 nitrogen and oxygen atoms in total. The molecular formula is C33H54O2Si2. The van der Waals surface area contributed by atoms with Crippen LogP contribution in [0.4, 0.5) is 0 Å². The molecular weight excluding hydrogens is 485 g/mol. The third-order valence-electron chi connectivity index (χ3n) is 9.49. The highest BCUT2D eigenvalue weighted by Crippen LogP contribution is 2.45. The van der Waals surface area contributed by atoms with Crippen LogP contribution in [-0.4, -0.2) is 28.4 Å². The largest absolute Gasteiger partial charge is 0.506 e. The number of phenolic OH excluding ortho intramolecular Hbond substituents is 1. The summed E-state index contributed by atoms with van der Waals surface area (Å²) >= 11 is 0. The van der Waals surface area contributed by atoms with Crippen molar-refractivity contribution in [3.8, 4) is 34.4 Å². The first kappa shape index (κ1) is 31.6. The molecule has 0 atom stereocenters. The van der Waals surface area contributed by atoms with Crippen LogP contribution in [0.25, 0.3) is 0 Å². The van der Waals surface area contributed by atoms with Crippen LogP contribution in [0, 0.1) is 22.9 Å². The summed E-state index contributed by atoms with van der Waals surface area (Å²) in [7, 11) is -2.20. The van der Waals surface area contributed by atoms with Gasteiger partial charge < -0.3 is 9.84 Å². The number of methoxy groups -OCH3 is 1. The minimum Gasteiger partial charge on any atom is -0.506 e. The van der Waals surface area contributed by atoms with Crippen LogP contribution in [0.15, 0.2) is 0 Å². The van der Waals surface area contributed by atoms with Gasteiger partial charge in [0.05, 0.1) is 18.2 Å². The maximum Gasteiger partial charge on any atom is 0.146 e. The van der Waals surface area contributed by atoms with E-state index >= 15 is 0 Å². The van der Waals surface area contributed by atoms with Crippen molar-refractivity contribution in [2.45, 2.75) is 142 Å². The molecule has 1 N–H and O–H groups in total. The molecule has 0 radical (unpaired) electrons. The van der Waals surface area contributed by atoms with Gasteiger partial charge in [-0.1, -0.05) is 94.9 Å². The summed E-state index contributed by atoms with van der Waals surface area (Å²) in [5.41, 5.74) is 14.7. The quantitative estimate of drug-likeness (QED) is 0.277. The van der Waals surface area contributed by atoms with Gasteiger partial charge >= 0.3 is 0 Å². The van der Waals surface area contributed by atoms with Crippen molar-refractivity contribution in [3.05, 3.63) is 22.3 Å². The fourth-order valence-corrected chi connectivity index (χ4v) is 18.0. The van der Waals surface area contributed by atoms with Gasteiger partial charge in [-0.2, -0.15) is 0 Å². The van der Waals surface area contributed by atoms with Crippen LogP contribution in [0.2, 0.25) is 33.2 Å². The first-order chi connectivity index (χ1) is 17.2. The Labute approximate surface area is 231 Å². The highest BCUT2D eigenvalue weighted by molar-refractivity contribution is 6.91. The van der Waals surface area contributed by atoms with Crippen molar-refractivity contribution in [1.82, 2.24) is 0 Å². The smallest absolute Gasteiger partial charge is 0.146 e. The third kappa shape index (κ3) is 5.72. The zero-order chi connectivity index (χ0) is 28.3. The lowest BCUT2D eigenvalue weighted by atomic mass is 9.86. The van der Waals surface area contributed by atoms with E-state index in [2.05, 4.69) is 106 Å². The van der Waals surface area contributed by atoms with Crippen molar-refractivity contribution < 1.29 is 9.84 Å². The van der Waals surface area contributed by atoms with Crippen LogP contribution in [-0.2, 0) is 12.8 Å². The molecule has 1 aromatic carbocycles. The highest BCUT2D eigenvalue weighted by atomic mass is 28.3. The van der Waals surface area contributed by atoms with Crippen LogP contribution in [0.1, 0.15) is 118 Å². The Bertz CT molecular complexity index is 1030. The summed E-state index contributed by atoms with van der Waals surface area (Å²) < 4.78 is 6.11. The zero-order valence-corrected chi connectivity index (χ0v) is 28.1. The third-order valence-corrected chi connectivity index (χ3v) is 22.1. The van der Waals surface area contributed by atoms with Crippen LogP contribution >= 0.6 is 0 Å². The van der Waals surface area contributed by atoms with Gasteiger partial charge in [-0.25, -0.2) is 0 Å². The topological polar surface area (TPSA) is 29.5 Å². The molecule has 0 aromatic heterocycles. The molecule has 1 aliphatic rings. The second-order valence-corrected chi connectivity index (χ2v) is 24.3. The second-order valence-electron chi connectivity index (χ2n) is 13.1. The molecule has 37 heavy (non-hydrogen) atoms. The summed E-state index contributed by atoms with van der Waals surface area (Å²) in [6.07, 6.45) is 4.02. The van der Waals surface area contributed by atoms with Crippen LogP contribution < -0.4 is 4.74 Å². The normalized spacial score (nSPS) is 14.2. The molecule has 1 aromatic rings. The molecule has 4 heteroatoms. The molecule has 0 bridgehead atoms. The number of phenols is 1. The van der Waals surface area contributed by atoms with Crippen molar-refractivity contribution in [2.24, 2.45) is 0 Å². The minimum absolute atomic E-state index is 0.359. The summed E-state index contributed by atoms with van der Waals surface area (Å²) in [6, 6.07) is 0. The van der Waals surface area contributed by atoms with Gasteiger partial charge in [-0.15, -0.1) is 11.1 Å². The fourth-order valence-electron chi connectivity index (χ4n) is 7.62. The van der Waals surface area contributed by atoms with E-state index in [0.717, 1.165) is 48.1 Å². The van der Waals surface area contributed by atoms with Gasteiger partial charge in [0.2, 0.25) is 0 Å². The summed E-state index contributed by atoms with van der Waals surface area (Å²) in [4.78, 5) is 0. The SMILES string of the molecule is COc1c(C#C[Si](C(C)C)(C(C)C)C(C)C)c(C#C[Si](C(C)C)(C(C)C)C(C)C)c(O)c2c1CCCC2. The Hall–Kier alpha value is -1.63. The Kier molecular flexibility index (Phi) is 10.7. The molecule has 0 fully saturated rings. The molecule has 0 amide bonds. The van der Waals surface area contributed by atoms with Crippen molar-refractivity contribution in [1.29, 1.82) is 0 Å². The van der Waals surface area contributed by atoms with Crippen molar-refractivity contribution in [3.63, 3.8) is 0 Å². The number of hydrogen-bond acceptors (Lipinski definition) is 2. The van der Waals surface area contributed by atoms with Gasteiger partial charge in [0.25, 0.3) is 0 Å². The van der Waals surface area contributed by atoms with Crippen molar-refractivity contribution in [2.75, 3.05) is 7.11 Å². The van der Waals surface area contributed by atoms with Gasteiger partial charge in [0, 0.05) is 11.1 Å². The van der Waals surface area contributed by atoms with E-state index in [9.17, 15) is 5.11 Å². The molecule has 0 unspecified atom stereocenters. The summed E-state index contributed by atoms with van der Waals surface area (Å²) in [6.45, 7) is 28.1. The Morgan fingerprint density at radius 3 is 1.30 bits per heavy atom. The van der Waals surface area contributed by atoms with Gasteiger partial charge in [0.15, 0.2) is 0 Å². The first-order valence-electron chi connectivity index (χ1n) is 14.7. The number of benzene rings is 1. The van der Waals surface area contributed by atoms with E-state index in [4.69, 9.17) is 4.74 Å². The molecule has 0 saturated heterocycles. The Morgan fingerprint density at radius 1 is 0.595 bits per heavy atom. The number of rotatable bonds is 7. The predicted molar refractivity (Wildman–Crippen MR) is 167 cm³/mol. The van der Waals surface area contributed by atoms with Crippen molar-refractivity contribution >= 4 is 16.1 Å². The molecule has 206 valence electrons. The highest BCUT2D eigenvalue weighted by Gasteiger charge is 2.43. The van der Waals surface area contributed by atoms with Gasteiger partial charge in [-0.3, -0.25) is 0 Å². The lowest BCUT2D eigenvalue weighted by molar-refractivity contribution is 0.399. The zero-order valence-electron chi connectivity index (χ0n) is 26.1. The number of ether oxygens (including phenoxy) is 1. The standard InChI is InChI=1S/C33H54O2Si2/c1-22(2)36(23(3)4,24(5)6)20-18-29-31(19-21-37(25(7)8,26(9)10)27(11)12)33(35-13)30-17-15-14-16-28(30)32(29)34/h22-27,34H,14-17H2,1-13H3.